The summed E-state index contributed by atoms with van der Waals surface area (Å²) in [6.45, 7) is 0. The second-order valence-corrected chi connectivity index (χ2v) is 3.62. The van der Waals surface area contributed by atoms with Gasteiger partial charge in [-0.05, 0) is 28.1 Å². The molecule has 0 bridgehead atoms. The molecule has 58 valence electrons. The van der Waals surface area contributed by atoms with Crippen molar-refractivity contribution < 1.29 is 9.18 Å². The van der Waals surface area contributed by atoms with Crippen LogP contribution in [0.15, 0.2) is 21.1 Å². The summed E-state index contributed by atoms with van der Waals surface area (Å²) in [5, 5.41) is 0. The molecule has 0 aliphatic heterocycles. The monoisotopic (exact) mass is 280 g/mol. The van der Waals surface area contributed by atoms with E-state index in [1.165, 1.54) is 6.07 Å². The van der Waals surface area contributed by atoms with E-state index in [0.29, 0.717) is 16.3 Å². The highest BCUT2D eigenvalue weighted by Gasteiger charge is 2.05. The summed E-state index contributed by atoms with van der Waals surface area (Å²) in [5.41, 5.74) is 0.303. The number of hydrogen-bond acceptors (Lipinski definition) is 1. The SMILES string of the molecule is O=Cc1cc(Br)cc(F)c1Br. The van der Waals surface area contributed by atoms with Crippen LogP contribution in [0.3, 0.4) is 0 Å². The smallest absolute Gasteiger partial charge is 0.151 e. The van der Waals surface area contributed by atoms with Gasteiger partial charge in [0, 0.05) is 10.0 Å². The van der Waals surface area contributed by atoms with Crippen LogP contribution in [-0.4, -0.2) is 6.29 Å². The molecule has 1 rings (SSSR count). The lowest BCUT2D eigenvalue weighted by molar-refractivity contribution is 0.112. The first-order valence-electron chi connectivity index (χ1n) is 2.75. The maximum Gasteiger partial charge on any atom is 0.151 e. The molecule has 11 heavy (non-hydrogen) atoms. The van der Waals surface area contributed by atoms with E-state index < -0.39 is 5.82 Å². The Hall–Kier alpha value is -0.220. The number of aldehydes is 1. The van der Waals surface area contributed by atoms with Crippen molar-refractivity contribution in [2.24, 2.45) is 0 Å². The summed E-state index contributed by atoms with van der Waals surface area (Å²) >= 11 is 6.02. The first kappa shape index (κ1) is 8.87. The fourth-order valence-corrected chi connectivity index (χ4v) is 1.43. The molecule has 0 spiro atoms. The Labute approximate surface area is 79.9 Å². The number of hydrogen-bond donors (Lipinski definition) is 0. The zero-order valence-corrected chi connectivity index (χ0v) is 8.45. The molecule has 0 aliphatic carbocycles. The van der Waals surface area contributed by atoms with Crippen molar-refractivity contribution in [3.8, 4) is 0 Å². The number of carbonyl (C=O) groups excluding carboxylic acids is 1. The topological polar surface area (TPSA) is 17.1 Å². The Morgan fingerprint density at radius 3 is 2.55 bits per heavy atom. The summed E-state index contributed by atoms with van der Waals surface area (Å²) in [6, 6.07) is 2.83. The Morgan fingerprint density at radius 2 is 2.00 bits per heavy atom. The normalized spacial score (nSPS) is 9.73. The minimum Gasteiger partial charge on any atom is -0.298 e. The molecule has 0 atom stereocenters. The van der Waals surface area contributed by atoms with Crippen LogP contribution in [-0.2, 0) is 0 Å². The highest BCUT2D eigenvalue weighted by Crippen LogP contribution is 2.23. The standard InChI is InChI=1S/C7H3Br2FO/c8-5-1-4(3-11)7(9)6(10)2-5/h1-3H. The van der Waals surface area contributed by atoms with Crippen LogP contribution in [0.2, 0.25) is 0 Å². The van der Waals surface area contributed by atoms with E-state index in [4.69, 9.17) is 0 Å². The van der Waals surface area contributed by atoms with Crippen molar-refractivity contribution in [3.05, 3.63) is 32.5 Å². The number of halogens is 3. The molecule has 0 radical (unpaired) electrons. The highest BCUT2D eigenvalue weighted by molar-refractivity contribution is 9.11. The predicted octanol–water partition coefficient (Wildman–Crippen LogP) is 3.16. The zero-order valence-electron chi connectivity index (χ0n) is 5.27. The molecule has 0 unspecified atom stereocenters. The third-order valence-corrected chi connectivity index (χ3v) is 2.44. The third-order valence-electron chi connectivity index (χ3n) is 1.15. The van der Waals surface area contributed by atoms with Gasteiger partial charge in [-0.2, -0.15) is 0 Å². The van der Waals surface area contributed by atoms with Crippen LogP contribution < -0.4 is 0 Å². The van der Waals surface area contributed by atoms with Gasteiger partial charge in [0.1, 0.15) is 5.82 Å². The molecule has 0 amide bonds. The van der Waals surface area contributed by atoms with Crippen molar-refractivity contribution in [1.29, 1.82) is 0 Å². The first-order valence-corrected chi connectivity index (χ1v) is 4.33. The van der Waals surface area contributed by atoms with Gasteiger partial charge in [-0.1, -0.05) is 15.9 Å². The predicted molar refractivity (Wildman–Crippen MR) is 47.2 cm³/mol. The largest absolute Gasteiger partial charge is 0.298 e. The van der Waals surface area contributed by atoms with Crippen molar-refractivity contribution in [3.63, 3.8) is 0 Å². The van der Waals surface area contributed by atoms with Gasteiger partial charge < -0.3 is 0 Å². The van der Waals surface area contributed by atoms with Crippen LogP contribution in [0.25, 0.3) is 0 Å². The molecule has 0 saturated heterocycles. The van der Waals surface area contributed by atoms with Crippen LogP contribution in [0.4, 0.5) is 4.39 Å². The maximum atomic E-state index is 12.8. The highest BCUT2D eigenvalue weighted by atomic mass is 79.9. The minimum absolute atomic E-state index is 0.204. The summed E-state index contributed by atoms with van der Waals surface area (Å²) in [5.74, 6) is -0.443. The minimum atomic E-state index is -0.443. The molecule has 0 heterocycles. The second kappa shape index (κ2) is 3.45. The summed E-state index contributed by atoms with van der Waals surface area (Å²) in [6.07, 6.45) is 0.595. The van der Waals surface area contributed by atoms with E-state index in [0.717, 1.165) is 0 Å². The fraction of sp³-hybridized carbons (Fsp3) is 0. The number of rotatable bonds is 1. The van der Waals surface area contributed by atoms with Gasteiger partial charge in [0.05, 0.1) is 4.47 Å². The molecule has 1 aromatic rings. The molecular formula is C7H3Br2FO. The molecule has 0 aliphatic rings. The quantitative estimate of drug-likeness (QED) is 0.571. The molecular weight excluding hydrogens is 279 g/mol. The molecule has 0 aromatic heterocycles. The van der Waals surface area contributed by atoms with E-state index in [-0.39, 0.29) is 4.47 Å². The Bertz CT molecular complexity index is 299. The number of benzene rings is 1. The summed E-state index contributed by atoms with van der Waals surface area (Å²) in [7, 11) is 0. The van der Waals surface area contributed by atoms with Crippen LogP contribution in [0.5, 0.6) is 0 Å². The summed E-state index contributed by atoms with van der Waals surface area (Å²) < 4.78 is 13.6. The van der Waals surface area contributed by atoms with E-state index >= 15 is 0 Å². The van der Waals surface area contributed by atoms with Crippen molar-refractivity contribution in [2.45, 2.75) is 0 Å². The lowest BCUT2D eigenvalue weighted by Crippen LogP contribution is -1.86. The van der Waals surface area contributed by atoms with E-state index in [1.54, 1.807) is 6.07 Å². The summed E-state index contributed by atoms with van der Waals surface area (Å²) in [4.78, 5) is 10.3. The molecule has 0 saturated carbocycles. The average molecular weight is 282 g/mol. The van der Waals surface area contributed by atoms with Gasteiger partial charge in [0.2, 0.25) is 0 Å². The van der Waals surface area contributed by atoms with Gasteiger partial charge in [-0.3, -0.25) is 4.79 Å². The van der Waals surface area contributed by atoms with Crippen LogP contribution >= 0.6 is 31.9 Å². The van der Waals surface area contributed by atoms with Crippen LogP contribution in [0, 0.1) is 5.82 Å². The molecule has 0 N–H and O–H groups in total. The molecule has 1 nitrogen and oxygen atoms in total. The Kier molecular flexibility index (Phi) is 2.78. The number of carbonyl (C=O) groups is 1. The fourth-order valence-electron chi connectivity index (χ4n) is 0.662. The van der Waals surface area contributed by atoms with E-state index in [9.17, 15) is 9.18 Å². The molecule has 1 aromatic carbocycles. The first-order chi connectivity index (χ1) is 5.15. The second-order valence-electron chi connectivity index (χ2n) is 1.91. The maximum absolute atomic E-state index is 12.8. The van der Waals surface area contributed by atoms with Gasteiger partial charge >= 0.3 is 0 Å². The van der Waals surface area contributed by atoms with Gasteiger partial charge in [0.15, 0.2) is 6.29 Å². The molecule has 4 heteroatoms. The van der Waals surface area contributed by atoms with E-state index in [1.807, 2.05) is 0 Å². The molecule has 0 fully saturated rings. The van der Waals surface area contributed by atoms with Gasteiger partial charge in [0.25, 0.3) is 0 Å². The van der Waals surface area contributed by atoms with Crippen molar-refractivity contribution in [1.82, 2.24) is 0 Å². The van der Waals surface area contributed by atoms with Crippen molar-refractivity contribution >= 4 is 38.1 Å². The lowest BCUT2D eigenvalue weighted by Gasteiger charge is -1.98. The zero-order chi connectivity index (χ0) is 8.43. The Balaban J connectivity index is 3.35. The Morgan fingerprint density at radius 1 is 1.36 bits per heavy atom. The van der Waals surface area contributed by atoms with Crippen molar-refractivity contribution in [2.75, 3.05) is 0 Å². The van der Waals surface area contributed by atoms with Gasteiger partial charge in [-0.25, -0.2) is 4.39 Å². The lowest BCUT2D eigenvalue weighted by atomic mass is 10.2. The van der Waals surface area contributed by atoms with Crippen LogP contribution in [0.1, 0.15) is 10.4 Å². The van der Waals surface area contributed by atoms with Gasteiger partial charge in [-0.15, -0.1) is 0 Å². The average Bonchev–Trinajstić information content (AvgIpc) is 1.96. The van der Waals surface area contributed by atoms with E-state index in [2.05, 4.69) is 31.9 Å². The third kappa shape index (κ3) is 1.87.